The van der Waals surface area contributed by atoms with E-state index in [0.717, 1.165) is 0 Å². The van der Waals surface area contributed by atoms with Gasteiger partial charge in [0.05, 0.1) is 4.92 Å². The highest BCUT2D eigenvalue weighted by atomic mass is 16.6. The highest BCUT2D eigenvalue weighted by Crippen LogP contribution is 2.15. The molecular formula is C18H23N3O5. The number of nitrogens with zero attached hydrogens (tertiary/aromatic N) is 3. The average Bonchev–Trinajstić information content (AvgIpc) is 2.58. The van der Waals surface area contributed by atoms with Crippen LogP contribution in [0, 0.1) is 10.1 Å². The van der Waals surface area contributed by atoms with E-state index in [1.807, 2.05) is 20.8 Å². The van der Waals surface area contributed by atoms with Crippen molar-refractivity contribution in [1.29, 1.82) is 0 Å². The minimum atomic E-state index is -0.551. The van der Waals surface area contributed by atoms with Crippen LogP contribution in [-0.2, 0) is 9.53 Å². The van der Waals surface area contributed by atoms with E-state index in [-0.39, 0.29) is 17.7 Å². The Hall–Kier alpha value is -2.90. The molecule has 0 saturated carbocycles. The Morgan fingerprint density at radius 3 is 2.35 bits per heavy atom. The molecule has 0 aliphatic carbocycles. The van der Waals surface area contributed by atoms with Crippen molar-refractivity contribution in [2.75, 3.05) is 26.2 Å². The number of piperazine rings is 1. The Morgan fingerprint density at radius 1 is 1.15 bits per heavy atom. The van der Waals surface area contributed by atoms with Crippen molar-refractivity contribution < 1.29 is 19.2 Å². The first-order valence-electron chi connectivity index (χ1n) is 8.35. The van der Waals surface area contributed by atoms with E-state index in [9.17, 15) is 19.7 Å². The molecule has 26 heavy (non-hydrogen) atoms. The molecule has 1 aromatic rings. The molecule has 8 nitrogen and oxygen atoms in total. The molecule has 0 bridgehead atoms. The van der Waals surface area contributed by atoms with Crippen LogP contribution in [0.4, 0.5) is 10.5 Å². The van der Waals surface area contributed by atoms with Gasteiger partial charge < -0.3 is 14.5 Å². The number of nitro benzene ring substituents is 1. The zero-order valence-electron chi connectivity index (χ0n) is 15.2. The van der Waals surface area contributed by atoms with Crippen molar-refractivity contribution in [1.82, 2.24) is 9.80 Å². The zero-order valence-corrected chi connectivity index (χ0v) is 15.2. The van der Waals surface area contributed by atoms with Crippen molar-refractivity contribution in [3.8, 4) is 0 Å². The first kappa shape index (κ1) is 19.4. The van der Waals surface area contributed by atoms with Gasteiger partial charge in [-0.1, -0.05) is 12.1 Å². The van der Waals surface area contributed by atoms with Gasteiger partial charge in [-0.25, -0.2) is 4.79 Å². The second-order valence-electron chi connectivity index (χ2n) is 6.98. The lowest BCUT2D eigenvalue weighted by Crippen LogP contribution is -2.51. The number of hydrogen-bond donors (Lipinski definition) is 0. The van der Waals surface area contributed by atoms with Crippen LogP contribution in [0.2, 0.25) is 0 Å². The first-order chi connectivity index (χ1) is 12.2. The largest absolute Gasteiger partial charge is 0.444 e. The van der Waals surface area contributed by atoms with Gasteiger partial charge in [-0.2, -0.15) is 0 Å². The molecule has 1 saturated heterocycles. The number of amides is 2. The van der Waals surface area contributed by atoms with Gasteiger partial charge in [-0.3, -0.25) is 14.9 Å². The molecule has 1 fully saturated rings. The molecule has 8 heteroatoms. The summed E-state index contributed by atoms with van der Waals surface area (Å²) in [4.78, 5) is 37.8. The first-order valence-corrected chi connectivity index (χ1v) is 8.35. The summed E-state index contributed by atoms with van der Waals surface area (Å²) in [7, 11) is 0. The summed E-state index contributed by atoms with van der Waals surface area (Å²) in [6, 6.07) is 6.07. The van der Waals surface area contributed by atoms with E-state index in [0.29, 0.717) is 31.7 Å². The zero-order chi connectivity index (χ0) is 19.3. The van der Waals surface area contributed by atoms with Crippen LogP contribution in [0.3, 0.4) is 0 Å². The van der Waals surface area contributed by atoms with Gasteiger partial charge in [-0.15, -0.1) is 0 Å². The third-order valence-corrected chi connectivity index (χ3v) is 3.74. The molecule has 1 aliphatic heterocycles. The van der Waals surface area contributed by atoms with Crippen molar-refractivity contribution >= 4 is 23.8 Å². The second-order valence-corrected chi connectivity index (χ2v) is 6.98. The van der Waals surface area contributed by atoms with Crippen LogP contribution in [0.25, 0.3) is 6.08 Å². The molecule has 0 N–H and O–H groups in total. The smallest absolute Gasteiger partial charge is 0.410 e. The molecule has 1 aliphatic rings. The number of benzene rings is 1. The fourth-order valence-corrected chi connectivity index (χ4v) is 2.45. The fourth-order valence-electron chi connectivity index (χ4n) is 2.45. The maximum atomic E-state index is 12.3. The van der Waals surface area contributed by atoms with E-state index < -0.39 is 10.5 Å². The lowest BCUT2D eigenvalue weighted by molar-refractivity contribution is -0.384. The molecule has 2 rings (SSSR count). The Labute approximate surface area is 152 Å². The standard InChI is InChI=1S/C18H23N3O5/c1-18(2,3)26-17(23)20-11-9-19(10-12-20)16(22)8-7-14-5-4-6-15(13-14)21(24)25/h4-8,13H,9-12H2,1-3H3/b8-7+. The van der Waals surface area contributed by atoms with Crippen molar-refractivity contribution in [2.24, 2.45) is 0 Å². The normalized spacial score (nSPS) is 15.2. The number of ether oxygens (including phenoxy) is 1. The van der Waals surface area contributed by atoms with Crippen LogP contribution in [0.1, 0.15) is 26.3 Å². The van der Waals surface area contributed by atoms with Crippen LogP contribution in [0.15, 0.2) is 30.3 Å². The Balaban J connectivity index is 1.89. The van der Waals surface area contributed by atoms with Gasteiger partial charge in [0.1, 0.15) is 5.60 Å². The van der Waals surface area contributed by atoms with Gasteiger partial charge >= 0.3 is 6.09 Å². The molecule has 140 valence electrons. The maximum absolute atomic E-state index is 12.3. The highest BCUT2D eigenvalue weighted by molar-refractivity contribution is 5.92. The topological polar surface area (TPSA) is 93.0 Å². The number of carbonyl (C=O) groups excluding carboxylic acids is 2. The van der Waals surface area contributed by atoms with Crippen molar-refractivity contribution in [3.05, 3.63) is 46.0 Å². The summed E-state index contributed by atoms with van der Waals surface area (Å²) in [5.74, 6) is -0.194. The van der Waals surface area contributed by atoms with E-state index >= 15 is 0 Å². The molecule has 0 aromatic heterocycles. The Bertz CT molecular complexity index is 716. The second kappa shape index (κ2) is 7.99. The van der Waals surface area contributed by atoms with E-state index in [1.54, 1.807) is 28.0 Å². The van der Waals surface area contributed by atoms with Crippen molar-refractivity contribution in [3.63, 3.8) is 0 Å². The van der Waals surface area contributed by atoms with Crippen LogP contribution in [0.5, 0.6) is 0 Å². The maximum Gasteiger partial charge on any atom is 0.410 e. The van der Waals surface area contributed by atoms with E-state index in [1.165, 1.54) is 18.2 Å². The van der Waals surface area contributed by atoms with E-state index in [2.05, 4.69) is 0 Å². The summed E-state index contributed by atoms with van der Waals surface area (Å²) in [6.45, 7) is 7.07. The van der Waals surface area contributed by atoms with Gasteiger partial charge in [0.25, 0.3) is 5.69 Å². The molecule has 1 aromatic carbocycles. The lowest BCUT2D eigenvalue weighted by atomic mass is 10.2. The fraction of sp³-hybridized carbons (Fsp3) is 0.444. The third-order valence-electron chi connectivity index (χ3n) is 3.74. The monoisotopic (exact) mass is 361 g/mol. The molecule has 0 radical (unpaired) electrons. The van der Waals surface area contributed by atoms with Gasteiger partial charge in [0.15, 0.2) is 0 Å². The van der Waals surface area contributed by atoms with Crippen LogP contribution >= 0.6 is 0 Å². The number of non-ortho nitro benzene ring substituents is 1. The molecule has 0 unspecified atom stereocenters. The predicted octanol–water partition coefficient (Wildman–Crippen LogP) is 2.69. The van der Waals surface area contributed by atoms with Gasteiger partial charge in [-0.05, 0) is 32.4 Å². The number of nitro groups is 1. The van der Waals surface area contributed by atoms with Crippen LogP contribution in [-0.4, -0.2) is 58.5 Å². The summed E-state index contributed by atoms with van der Waals surface area (Å²) < 4.78 is 5.32. The van der Waals surface area contributed by atoms with Crippen LogP contribution < -0.4 is 0 Å². The predicted molar refractivity (Wildman–Crippen MR) is 96.5 cm³/mol. The van der Waals surface area contributed by atoms with E-state index in [4.69, 9.17) is 4.74 Å². The van der Waals surface area contributed by atoms with Crippen molar-refractivity contribution in [2.45, 2.75) is 26.4 Å². The molecular weight excluding hydrogens is 338 g/mol. The minimum absolute atomic E-state index is 0.0226. The Morgan fingerprint density at radius 2 is 1.77 bits per heavy atom. The number of carbonyl (C=O) groups is 2. The summed E-state index contributed by atoms with van der Waals surface area (Å²) >= 11 is 0. The SMILES string of the molecule is CC(C)(C)OC(=O)N1CCN(C(=O)/C=C/c2cccc([N+](=O)[O-])c2)CC1. The Kier molecular flexibility index (Phi) is 5.97. The molecule has 0 spiro atoms. The average molecular weight is 361 g/mol. The quantitative estimate of drug-likeness (QED) is 0.469. The van der Waals surface area contributed by atoms with Gasteiger partial charge in [0, 0.05) is 44.4 Å². The summed E-state index contributed by atoms with van der Waals surface area (Å²) in [5.41, 5.74) is 0.0101. The summed E-state index contributed by atoms with van der Waals surface area (Å²) in [6.07, 6.45) is 2.56. The van der Waals surface area contributed by atoms with Gasteiger partial charge in [0.2, 0.25) is 5.91 Å². The molecule has 1 heterocycles. The third kappa shape index (κ3) is 5.58. The molecule has 2 amide bonds. The number of hydrogen-bond acceptors (Lipinski definition) is 5. The number of rotatable bonds is 3. The minimum Gasteiger partial charge on any atom is -0.444 e. The lowest BCUT2D eigenvalue weighted by Gasteiger charge is -2.35. The molecule has 0 atom stereocenters. The highest BCUT2D eigenvalue weighted by Gasteiger charge is 2.26. The summed E-state index contributed by atoms with van der Waals surface area (Å²) in [5, 5.41) is 10.8.